The fraction of sp³-hybridized carbons (Fsp3) is 0.417. The minimum absolute atomic E-state index is 0.0608. The Bertz CT molecular complexity index is 407. The third-order valence-corrected chi connectivity index (χ3v) is 2.41. The molecule has 0 aliphatic rings. The lowest BCUT2D eigenvalue weighted by molar-refractivity contribution is -0.136. The maximum absolute atomic E-state index is 13.6. The van der Waals surface area contributed by atoms with Crippen molar-refractivity contribution in [1.29, 1.82) is 0 Å². The molecule has 0 aliphatic heterocycles. The van der Waals surface area contributed by atoms with Crippen LogP contribution in [0.2, 0.25) is 0 Å². The first-order valence-corrected chi connectivity index (χ1v) is 5.35. The van der Waals surface area contributed by atoms with E-state index in [0.717, 1.165) is 12.1 Å². The Morgan fingerprint density at radius 3 is 2.53 bits per heavy atom. The van der Waals surface area contributed by atoms with Crippen molar-refractivity contribution in [3.05, 3.63) is 29.8 Å². The molecule has 0 bridgehead atoms. The van der Waals surface area contributed by atoms with Crippen LogP contribution in [0.1, 0.15) is 20.3 Å². The first-order valence-electron chi connectivity index (χ1n) is 5.35. The molecule has 0 spiro atoms. The molecule has 0 radical (unpaired) electrons. The van der Waals surface area contributed by atoms with Crippen LogP contribution in [-0.2, 0) is 4.79 Å². The summed E-state index contributed by atoms with van der Waals surface area (Å²) in [5, 5.41) is 8.62. The average Bonchev–Trinajstić information content (AvgIpc) is 2.20. The Balaban J connectivity index is 2.93. The van der Waals surface area contributed by atoms with E-state index in [4.69, 9.17) is 5.11 Å². The van der Waals surface area contributed by atoms with Crippen LogP contribution in [0.3, 0.4) is 0 Å². The number of rotatable bonds is 5. The molecule has 0 saturated heterocycles. The minimum Gasteiger partial charge on any atom is -0.481 e. The molecule has 3 nitrogen and oxygen atoms in total. The van der Waals surface area contributed by atoms with E-state index in [1.165, 1.54) is 6.07 Å². The van der Waals surface area contributed by atoms with Crippen LogP contribution in [0.25, 0.3) is 0 Å². The van der Waals surface area contributed by atoms with Gasteiger partial charge in [-0.15, -0.1) is 0 Å². The zero-order valence-corrected chi connectivity index (χ0v) is 9.78. The van der Waals surface area contributed by atoms with Crippen molar-refractivity contribution in [3.8, 4) is 0 Å². The molecule has 1 N–H and O–H groups in total. The Morgan fingerprint density at radius 2 is 2.06 bits per heavy atom. The standard InChI is InChI=1S/C12H15F2NO2/c1-8(2)15(6-5-12(16)17)11-4-3-9(13)7-10(11)14/h3-4,7-8H,5-6H2,1-2H3,(H,16,17). The van der Waals surface area contributed by atoms with Gasteiger partial charge in [0.15, 0.2) is 0 Å². The van der Waals surface area contributed by atoms with Crippen LogP contribution < -0.4 is 4.90 Å². The molecule has 0 heterocycles. The van der Waals surface area contributed by atoms with Gasteiger partial charge in [-0.2, -0.15) is 0 Å². The second-order valence-electron chi connectivity index (χ2n) is 4.03. The lowest BCUT2D eigenvalue weighted by atomic mass is 10.2. The number of anilines is 1. The highest BCUT2D eigenvalue weighted by atomic mass is 19.1. The van der Waals surface area contributed by atoms with Gasteiger partial charge in [0, 0.05) is 18.7 Å². The van der Waals surface area contributed by atoms with Crippen LogP contribution in [-0.4, -0.2) is 23.7 Å². The predicted molar refractivity (Wildman–Crippen MR) is 61.1 cm³/mol. The first kappa shape index (κ1) is 13.4. The molecule has 0 atom stereocenters. The summed E-state index contributed by atoms with van der Waals surface area (Å²) in [4.78, 5) is 12.1. The van der Waals surface area contributed by atoms with E-state index in [2.05, 4.69) is 0 Å². The maximum Gasteiger partial charge on any atom is 0.305 e. The zero-order chi connectivity index (χ0) is 13.0. The summed E-state index contributed by atoms with van der Waals surface area (Å²) in [6.45, 7) is 3.84. The number of carboxylic acid groups (broad SMARTS) is 1. The summed E-state index contributed by atoms with van der Waals surface area (Å²) in [5.41, 5.74) is 0.225. The molecule has 1 aromatic rings. The van der Waals surface area contributed by atoms with Gasteiger partial charge in [-0.1, -0.05) is 0 Å². The van der Waals surface area contributed by atoms with Gasteiger partial charge < -0.3 is 10.0 Å². The highest BCUT2D eigenvalue weighted by molar-refractivity contribution is 5.67. The monoisotopic (exact) mass is 243 g/mol. The second-order valence-corrected chi connectivity index (χ2v) is 4.03. The van der Waals surface area contributed by atoms with Crippen LogP contribution >= 0.6 is 0 Å². The normalized spacial score (nSPS) is 10.6. The summed E-state index contributed by atoms with van der Waals surface area (Å²) >= 11 is 0. The molecule has 5 heteroatoms. The van der Waals surface area contributed by atoms with Crippen molar-refractivity contribution in [2.45, 2.75) is 26.3 Å². The minimum atomic E-state index is -0.946. The van der Waals surface area contributed by atoms with Gasteiger partial charge >= 0.3 is 5.97 Å². The maximum atomic E-state index is 13.6. The molecule has 0 aromatic heterocycles. The Hall–Kier alpha value is -1.65. The third-order valence-electron chi connectivity index (χ3n) is 2.41. The van der Waals surface area contributed by atoms with E-state index in [1.807, 2.05) is 13.8 Å². The highest BCUT2D eigenvalue weighted by Gasteiger charge is 2.16. The topological polar surface area (TPSA) is 40.5 Å². The molecular weight excluding hydrogens is 228 g/mol. The molecule has 1 aromatic carbocycles. The number of hydrogen-bond donors (Lipinski definition) is 1. The second kappa shape index (κ2) is 5.61. The van der Waals surface area contributed by atoms with Crippen LogP contribution in [0.15, 0.2) is 18.2 Å². The molecule has 17 heavy (non-hydrogen) atoms. The van der Waals surface area contributed by atoms with Gasteiger partial charge in [0.2, 0.25) is 0 Å². The molecule has 0 aliphatic carbocycles. The lowest BCUT2D eigenvalue weighted by Gasteiger charge is -2.28. The Morgan fingerprint density at radius 1 is 1.41 bits per heavy atom. The SMILES string of the molecule is CC(C)N(CCC(=O)O)c1ccc(F)cc1F. The van der Waals surface area contributed by atoms with Crippen molar-refractivity contribution in [1.82, 2.24) is 0 Å². The summed E-state index contributed by atoms with van der Waals surface area (Å²) < 4.78 is 26.3. The molecule has 94 valence electrons. The smallest absolute Gasteiger partial charge is 0.305 e. The van der Waals surface area contributed by atoms with Crippen molar-refractivity contribution < 1.29 is 18.7 Å². The number of halogens is 2. The molecular formula is C12H15F2NO2. The summed E-state index contributed by atoms with van der Waals surface area (Å²) in [7, 11) is 0. The summed E-state index contributed by atoms with van der Waals surface area (Å²) in [6, 6.07) is 3.22. The predicted octanol–water partition coefficient (Wildman–Crippen LogP) is 2.65. The largest absolute Gasteiger partial charge is 0.481 e. The summed E-state index contributed by atoms with van der Waals surface area (Å²) in [5.74, 6) is -2.27. The molecule has 0 fully saturated rings. The number of nitrogens with zero attached hydrogens (tertiary/aromatic N) is 1. The number of carbonyl (C=O) groups is 1. The molecule has 0 unspecified atom stereocenters. The number of aliphatic carboxylic acids is 1. The average molecular weight is 243 g/mol. The lowest BCUT2D eigenvalue weighted by Crippen LogP contribution is -2.33. The quantitative estimate of drug-likeness (QED) is 0.864. The Labute approximate surface area is 98.7 Å². The fourth-order valence-electron chi connectivity index (χ4n) is 1.59. The Kier molecular flexibility index (Phi) is 4.43. The number of carboxylic acids is 1. The van der Waals surface area contributed by atoms with Crippen molar-refractivity contribution in [2.75, 3.05) is 11.4 Å². The van der Waals surface area contributed by atoms with Crippen LogP contribution in [0.5, 0.6) is 0 Å². The van der Waals surface area contributed by atoms with E-state index in [9.17, 15) is 13.6 Å². The van der Waals surface area contributed by atoms with Gasteiger partial charge in [0.05, 0.1) is 12.1 Å². The van der Waals surface area contributed by atoms with Crippen LogP contribution in [0.4, 0.5) is 14.5 Å². The van der Waals surface area contributed by atoms with E-state index in [1.54, 1.807) is 4.90 Å². The van der Waals surface area contributed by atoms with Crippen molar-refractivity contribution in [2.24, 2.45) is 0 Å². The molecule has 0 saturated carbocycles. The van der Waals surface area contributed by atoms with E-state index >= 15 is 0 Å². The van der Waals surface area contributed by atoms with E-state index in [-0.39, 0.29) is 24.7 Å². The summed E-state index contributed by atoms with van der Waals surface area (Å²) in [6.07, 6.45) is -0.0883. The van der Waals surface area contributed by atoms with Gasteiger partial charge in [-0.25, -0.2) is 8.78 Å². The van der Waals surface area contributed by atoms with Crippen molar-refractivity contribution >= 4 is 11.7 Å². The van der Waals surface area contributed by atoms with Gasteiger partial charge in [0.25, 0.3) is 0 Å². The van der Waals surface area contributed by atoms with Gasteiger partial charge in [-0.3, -0.25) is 4.79 Å². The van der Waals surface area contributed by atoms with Crippen LogP contribution in [0, 0.1) is 11.6 Å². The van der Waals surface area contributed by atoms with Crippen molar-refractivity contribution in [3.63, 3.8) is 0 Å². The van der Waals surface area contributed by atoms with Gasteiger partial charge in [-0.05, 0) is 26.0 Å². The zero-order valence-electron chi connectivity index (χ0n) is 9.78. The highest BCUT2D eigenvalue weighted by Crippen LogP contribution is 2.22. The fourth-order valence-corrected chi connectivity index (χ4v) is 1.59. The number of hydrogen-bond acceptors (Lipinski definition) is 2. The molecule has 1 rings (SSSR count). The molecule has 0 amide bonds. The number of benzene rings is 1. The van der Waals surface area contributed by atoms with E-state index in [0.29, 0.717) is 0 Å². The van der Waals surface area contributed by atoms with E-state index < -0.39 is 17.6 Å². The third kappa shape index (κ3) is 3.69. The van der Waals surface area contributed by atoms with Gasteiger partial charge in [0.1, 0.15) is 11.6 Å². The first-order chi connectivity index (χ1) is 7.91.